The number of piperazine rings is 1. The molecule has 1 aromatic rings. The number of likely N-dealkylation sites (N-methyl/N-ethyl adjacent to an activating group) is 1. The molecule has 1 heterocycles. The van der Waals surface area contributed by atoms with Crippen LogP contribution in [0.15, 0.2) is 24.3 Å². The van der Waals surface area contributed by atoms with Gasteiger partial charge in [-0.25, -0.2) is 0 Å². The van der Waals surface area contributed by atoms with Gasteiger partial charge in [0, 0.05) is 37.4 Å². The third kappa shape index (κ3) is 3.79. The van der Waals surface area contributed by atoms with Crippen LogP contribution >= 0.6 is 0 Å². The summed E-state index contributed by atoms with van der Waals surface area (Å²) in [6.07, 6.45) is 0. The molecule has 0 aromatic heterocycles. The molecular formula is C14H18N4O3. The van der Waals surface area contributed by atoms with Crippen LogP contribution in [-0.2, 0) is 9.59 Å². The first kappa shape index (κ1) is 15.0. The number of imide groups is 1. The van der Waals surface area contributed by atoms with E-state index in [1.54, 1.807) is 12.1 Å². The van der Waals surface area contributed by atoms with Crippen molar-refractivity contribution in [3.05, 3.63) is 29.8 Å². The largest absolute Gasteiger partial charge is 0.399 e. The molecule has 3 N–H and O–H groups in total. The summed E-state index contributed by atoms with van der Waals surface area (Å²) in [6, 6.07) is 6.11. The van der Waals surface area contributed by atoms with Gasteiger partial charge in [-0.1, -0.05) is 0 Å². The highest BCUT2D eigenvalue weighted by molar-refractivity contribution is 6.38. The molecule has 1 aliphatic heterocycles. The van der Waals surface area contributed by atoms with Gasteiger partial charge in [0.1, 0.15) is 0 Å². The Kier molecular flexibility index (Phi) is 4.54. The Morgan fingerprint density at radius 2 is 1.62 bits per heavy atom. The van der Waals surface area contributed by atoms with Gasteiger partial charge in [0.25, 0.3) is 5.91 Å². The average molecular weight is 290 g/mol. The highest BCUT2D eigenvalue weighted by atomic mass is 16.2. The van der Waals surface area contributed by atoms with Crippen LogP contribution < -0.4 is 11.1 Å². The highest BCUT2D eigenvalue weighted by Crippen LogP contribution is 2.05. The van der Waals surface area contributed by atoms with Gasteiger partial charge in [-0.2, -0.15) is 0 Å². The molecule has 7 nitrogen and oxygen atoms in total. The Morgan fingerprint density at radius 1 is 1.05 bits per heavy atom. The number of nitrogens with one attached hydrogen (secondary N) is 1. The van der Waals surface area contributed by atoms with Gasteiger partial charge in [-0.05, 0) is 31.3 Å². The van der Waals surface area contributed by atoms with Crippen molar-refractivity contribution in [3.8, 4) is 0 Å². The molecule has 1 aromatic carbocycles. The lowest BCUT2D eigenvalue weighted by atomic mass is 10.2. The molecule has 0 unspecified atom stereocenters. The number of carbonyl (C=O) groups excluding carboxylic acids is 3. The quantitative estimate of drug-likeness (QED) is 0.527. The second-order valence-corrected chi connectivity index (χ2v) is 5.00. The fraction of sp³-hybridized carbons (Fsp3) is 0.357. The van der Waals surface area contributed by atoms with Gasteiger partial charge in [0.15, 0.2) is 0 Å². The predicted octanol–water partition coefficient (Wildman–Crippen LogP) is -0.701. The summed E-state index contributed by atoms with van der Waals surface area (Å²) in [5.74, 6) is -2.18. The zero-order valence-electron chi connectivity index (χ0n) is 11.8. The molecule has 112 valence electrons. The predicted molar refractivity (Wildman–Crippen MR) is 77.4 cm³/mol. The molecule has 1 saturated heterocycles. The third-order valence-corrected chi connectivity index (χ3v) is 3.38. The van der Waals surface area contributed by atoms with Gasteiger partial charge in [-0.3, -0.25) is 19.7 Å². The monoisotopic (exact) mass is 290 g/mol. The topological polar surface area (TPSA) is 95.7 Å². The number of nitrogens with two attached hydrogens (primary N) is 1. The fourth-order valence-corrected chi connectivity index (χ4v) is 2.02. The van der Waals surface area contributed by atoms with E-state index in [4.69, 9.17) is 5.73 Å². The van der Waals surface area contributed by atoms with Crippen LogP contribution in [0.2, 0.25) is 0 Å². The van der Waals surface area contributed by atoms with E-state index < -0.39 is 17.7 Å². The molecule has 0 atom stereocenters. The highest BCUT2D eigenvalue weighted by Gasteiger charge is 2.26. The van der Waals surface area contributed by atoms with Gasteiger partial charge >= 0.3 is 11.8 Å². The first-order valence-corrected chi connectivity index (χ1v) is 6.66. The van der Waals surface area contributed by atoms with E-state index in [9.17, 15) is 14.4 Å². The van der Waals surface area contributed by atoms with Crippen molar-refractivity contribution in [3.63, 3.8) is 0 Å². The van der Waals surface area contributed by atoms with E-state index in [1.807, 2.05) is 7.05 Å². The molecular weight excluding hydrogens is 272 g/mol. The van der Waals surface area contributed by atoms with E-state index in [-0.39, 0.29) is 5.56 Å². The Balaban J connectivity index is 1.93. The number of hydrogen-bond acceptors (Lipinski definition) is 5. The molecule has 0 bridgehead atoms. The Morgan fingerprint density at radius 3 is 2.19 bits per heavy atom. The number of benzene rings is 1. The number of carbonyl (C=O) groups is 3. The van der Waals surface area contributed by atoms with Gasteiger partial charge < -0.3 is 15.5 Å². The van der Waals surface area contributed by atoms with Crippen LogP contribution in [-0.4, -0.2) is 60.7 Å². The SMILES string of the molecule is CN1CCN(C(=O)C(=O)NC(=O)c2ccc(N)cc2)CC1. The van der Waals surface area contributed by atoms with Crippen LogP contribution in [0.4, 0.5) is 5.69 Å². The summed E-state index contributed by atoms with van der Waals surface area (Å²) in [5, 5.41) is 2.10. The van der Waals surface area contributed by atoms with Crippen molar-refractivity contribution < 1.29 is 14.4 Å². The third-order valence-electron chi connectivity index (χ3n) is 3.38. The van der Waals surface area contributed by atoms with Crippen LogP contribution in [0.1, 0.15) is 10.4 Å². The summed E-state index contributed by atoms with van der Waals surface area (Å²) < 4.78 is 0. The van der Waals surface area contributed by atoms with Crippen LogP contribution in [0, 0.1) is 0 Å². The summed E-state index contributed by atoms with van der Waals surface area (Å²) in [5.41, 5.74) is 6.32. The zero-order valence-corrected chi connectivity index (χ0v) is 11.8. The van der Waals surface area contributed by atoms with E-state index >= 15 is 0 Å². The molecule has 0 radical (unpaired) electrons. The Hall–Kier alpha value is -2.41. The maximum absolute atomic E-state index is 11.9. The van der Waals surface area contributed by atoms with Crippen molar-refractivity contribution in [1.82, 2.24) is 15.1 Å². The second-order valence-electron chi connectivity index (χ2n) is 5.00. The molecule has 1 fully saturated rings. The maximum atomic E-state index is 11.9. The molecule has 21 heavy (non-hydrogen) atoms. The number of nitrogens with zero attached hydrogens (tertiary/aromatic N) is 2. The number of nitrogen functional groups attached to an aromatic ring is 1. The first-order chi connectivity index (χ1) is 9.97. The molecule has 3 amide bonds. The molecule has 0 spiro atoms. The van der Waals surface area contributed by atoms with E-state index in [2.05, 4.69) is 10.2 Å². The van der Waals surface area contributed by atoms with Crippen LogP contribution in [0.3, 0.4) is 0 Å². The normalized spacial score (nSPS) is 15.6. The average Bonchev–Trinajstić information content (AvgIpc) is 2.47. The summed E-state index contributed by atoms with van der Waals surface area (Å²) in [7, 11) is 1.95. The van der Waals surface area contributed by atoms with E-state index in [1.165, 1.54) is 17.0 Å². The van der Waals surface area contributed by atoms with Crippen molar-refractivity contribution in [1.29, 1.82) is 0 Å². The standard InChI is InChI=1S/C14H18N4O3/c1-17-6-8-18(9-7-17)14(21)13(20)16-12(19)10-2-4-11(15)5-3-10/h2-5H,6-9,15H2,1H3,(H,16,19,20). The summed E-state index contributed by atoms with van der Waals surface area (Å²) in [4.78, 5) is 39.1. The minimum Gasteiger partial charge on any atom is -0.399 e. The van der Waals surface area contributed by atoms with Crippen LogP contribution in [0.5, 0.6) is 0 Å². The zero-order chi connectivity index (χ0) is 15.4. The lowest BCUT2D eigenvalue weighted by Crippen LogP contribution is -2.52. The molecule has 0 saturated carbocycles. The van der Waals surface area contributed by atoms with Crippen molar-refractivity contribution in [2.24, 2.45) is 0 Å². The van der Waals surface area contributed by atoms with Crippen LogP contribution in [0.25, 0.3) is 0 Å². The Bertz CT molecular complexity index is 548. The van der Waals surface area contributed by atoms with Crippen molar-refractivity contribution in [2.75, 3.05) is 39.0 Å². The minimum absolute atomic E-state index is 0.281. The lowest BCUT2D eigenvalue weighted by molar-refractivity contribution is -0.146. The van der Waals surface area contributed by atoms with E-state index in [0.717, 1.165) is 0 Å². The van der Waals surface area contributed by atoms with Crippen molar-refractivity contribution >= 4 is 23.4 Å². The molecule has 0 aliphatic carbocycles. The number of rotatable bonds is 1. The van der Waals surface area contributed by atoms with Gasteiger partial charge in [0.05, 0.1) is 0 Å². The molecule has 2 rings (SSSR count). The maximum Gasteiger partial charge on any atom is 0.316 e. The molecule has 1 aliphatic rings. The van der Waals surface area contributed by atoms with Crippen molar-refractivity contribution in [2.45, 2.75) is 0 Å². The number of amides is 3. The fourth-order valence-electron chi connectivity index (χ4n) is 2.02. The summed E-state index contributed by atoms with van der Waals surface area (Å²) >= 11 is 0. The Labute approximate surface area is 122 Å². The van der Waals surface area contributed by atoms with Gasteiger partial charge in [-0.15, -0.1) is 0 Å². The lowest BCUT2D eigenvalue weighted by Gasteiger charge is -2.31. The van der Waals surface area contributed by atoms with E-state index in [0.29, 0.717) is 31.9 Å². The minimum atomic E-state index is -0.902. The number of hydrogen-bond donors (Lipinski definition) is 2. The summed E-state index contributed by atoms with van der Waals surface area (Å²) in [6.45, 7) is 2.40. The second kappa shape index (κ2) is 6.36. The molecule has 7 heteroatoms. The smallest absolute Gasteiger partial charge is 0.316 e. The first-order valence-electron chi connectivity index (χ1n) is 6.66. The van der Waals surface area contributed by atoms with Gasteiger partial charge in [0.2, 0.25) is 0 Å². The number of anilines is 1.